The van der Waals surface area contributed by atoms with Crippen molar-refractivity contribution in [2.24, 2.45) is 5.92 Å². The van der Waals surface area contributed by atoms with E-state index in [4.69, 9.17) is 0 Å². The van der Waals surface area contributed by atoms with Crippen molar-refractivity contribution in [1.82, 2.24) is 0 Å². The third-order valence-corrected chi connectivity index (χ3v) is 6.74. The van der Waals surface area contributed by atoms with Gasteiger partial charge in [-0.15, -0.1) is 13.2 Å². The van der Waals surface area contributed by atoms with Gasteiger partial charge < -0.3 is 4.74 Å². The topological polar surface area (TPSA) is 9.23 Å². The minimum Gasteiger partial charge on any atom is -0.403 e. The van der Waals surface area contributed by atoms with Crippen LogP contribution < -0.4 is 4.74 Å². The maximum atomic E-state index is 14.5. The van der Waals surface area contributed by atoms with Crippen LogP contribution in [0, 0.1) is 11.7 Å². The van der Waals surface area contributed by atoms with Crippen molar-refractivity contribution < 1.29 is 22.3 Å². The molecule has 1 saturated carbocycles. The minimum absolute atomic E-state index is 0.283. The van der Waals surface area contributed by atoms with Crippen LogP contribution in [-0.4, -0.2) is 6.36 Å². The molecule has 0 heterocycles. The van der Waals surface area contributed by atoms with Crippen molar-refractivity contribution in [2.45, 2.75) is 70.6 Å². The number of benzene rings is 2. The smallest absolute Gasteiger partial charge is 0.403 e. The first-order valence-corrected chi connectivity index (χ1v) is 11.2. The lowest BCUT2D eigenvalue weighted by Crippen LogP contribution is -2.18. The van der Waals surface area contributed by atoms with E-state index in [1.165, 1.54) is 50.2 Å². The van der Waals surface area contributed by atoms with Crippen LogP contribution in [0.4, 0.5) is 17.6 Å². The van der Waals surface area contributed by atoms with Gasteiger partial charge in [-0.05, 0) is 84.3 Å². The monoisotopic (exact) mass is 432 g/mol. The lowest BCUT2D eigenvalue weighted by molar-refractivity contribution is -0.275. The average molecular weight is 433 g/mol. The van der Waals surface area contributed by atoms with Crippen molar-refractivity contribution in [2.75, 3.05) is 0 Å². The quantitative estimate of drug-likeness (QED) is 0.432. The van der Waals surface area contributed by atoms with Crippen LogP contribution in [0.3, 0.4) is 0 Å². The number of hydrogen-bond acceptors (Lipinski definition) is 1. The number of fused-ring (bicyclic) bond motifs is 1. The van der Waals surface area contributed by atoms with E-state index in [-0.39, 0.29) is 5.56 Å². The van der Waals surface area contributed by atoms with Gasteiger partial charge in [0.2, 0.25) is 0 Å². The normalized spacial score (nSPS) is 21.4. The van der Waals surface area contributed by atoms with Gasteiger partial charge in [0.15, 0.2) is 11.6 Å². The summed E-state index contributed by atoms with van der Waals surface area (Å²) in [5, 5.41) is 0. The zero-order chi connectivity index (χ0) is 22.0. The number of hydrogen-bond donors (Lipinski definition) is 0. The van der Waals surface area contributed by atoms with E-state index in [0.29, 0.717) is 24.3 Å². The summed E-state index contributed by atoms with van der Waals surface area (Å²) >= 11 is 0. The molecular weight excluding hydrogens is 404 g/mol. The van der Waals surface area contributed by atoms with Gasteiger partial charge >= 0.3 is 6.36 Å². The van der Waals surface area contributed by atoms with Crippen LogP contribution in [0.2, 0.25) is 0 Å². The van der Waals surface area contributed by atoms with Crippen molar-refractivity contribution >= 4 is 11.6 Å². The van der Waals surface area contributed by atoms with Gasteiger partial charge in [0.05, 0.1) is 0 Å². The molecule has 2 aromatic rings. The van der Waals surface area contributed by atoms with Crippen molar-refractivity contribution in [3.63, 3.8) is 0 Å². The molecule has 0 aliphatic heterocycles. The molecular formula is C26H28F4O. The minimum atomic E-state index is -4.90. The van der Waals surface area contributed by atoms with Gasteiger partial charge in [-0.25, -0.2) is 4.39 Å². The summed E-state index contributed by atoms with van der Waals surface area (Å²) in [6.45, 7) is 2.26. The number of alkyl halides is 3. The van der Waals surface area contributed by atoms with E-state index in [1.807, 2.05) is 6.08 Å². The van der Waals surface area contributed by atoms with Gasteiger partial charge in [-0.3, -0.25) is 0 Å². The largest absolute Gasteiger partial charge is 0.573 e. The summed E-state index contributed by atoms with van der Waals surface area (Å²) in [5.74, 6) is -0.167. The van der Waals surface area contributed by atoms with E-state index in [2.05, 4.69) is 35.9 Å². The molecule has 0 saturated heterocycles. The van der Waals surface area contributed by atoms with E-state index >= 15 is 0 Å². The number of halogens is 4. The molecule has 0 N–H and O–H groups in total. The molecule has 31 heavy (non-hydrogen) atoms. The standard InChI is InChI=1S/C26H28F4O/c1-2-3-17-4-6-18(7-5-17)19-8-10-20(11-9-19)21-12-14-23-22(16-21)13-15-24(25(23)27)31-26(28,29)30/h8-11,13,15-18H,2-7,12,14H2,1H3. The lowest BCUT2D eigenvalue weighted by Gasteiger charge is -2.28. The van der Waals surface area contributed by atoms with Gasteiger partial charge in [-0.1, -0.05) is 56.2 Å². The summed E-state index contributed by atoms with van der Waals surface area (Å²) in [5.41, 5.74) is 4.45. The predicted molar refractivity (Wildman–Crippen MR) is 115 cm³/mol. The SMILES string of the molecule is CCCC1CCC(c2ccc(C3=Cc4ccc(OC(F)(F)F)c(F)c4CC3)cc2)CC1. The van der Waals surface area contributed by atoms with E-state index in [9.17, 15) is 17.6 Å². The second kappa shape index (κ2) is 9.05. The highest BCUT2D eigenvalue weighted by Gasteiger charge is 2.33. The Kier molecular flexibility index (Phi) is 6.40. The Morgan fingerprint density at radius 1 is 0.935 bits per heavy atom. The van der Waals surface area contributed by atoms with Gasteiger partial charge in [-0.2, -0.15) is 0 Å². The first-order chi connectivity index (χ1) is 14.8. The molecule has 2 aliphatic rings. The highest BCUT2D eigenvalue weighted by Crippen LogP contribution is 2.39. The number of ether oxygens (including phenoxy) is 1. The second-order valence-corrected chi connectivity index (χ2v) is 8.79. The van der Waals surface area contributed by atoms with Crippen LogP contribution in [0.25, 0.3) is 11.6 Å². The van der Waals surface area contributed by atoms with E-state index < -0.39 is 17.9 Å². The number of allylic oxidation sites excluding steroid dienone is 1. The van der Waals surface area contributed by atoms with Crippen LogP contribution >= 0.6 is 0 Å². The van der Waals surface area contributed by atoms with E-state index in [0.717, 1.165) is 23.1 Å². The zero-order valence-electron chi connectivity index (χ0n) is 17.8. The molecule has 1 nitrogen and oxygen atoms in total. The second-order valence-electron chi connectivity index (χ2n) is 8.79. The molecule has 0 atom stereocenters. The van der Waals surface area contributed by atoms with Crippen LogP contribution in [-0.2, 0) is 6.42 Å². The fraction of sp³-hybridized carbons (Fsp3) is 0.462. The Balaban J connectivity index is 1.48. The molecule has 4 rings (SSSR count). The molecule has 5 heteroatoms. The molecule has 2 aliphatic carbocycles. The Bertz CT molecular complexity index is 935. The first kappa shape index (κ1) is 21.9. The highest BCUT2D eigenvalue weighted by molar-refractivity contribution is 5.84. The number of rotatable bonds is 5. The molecule has 0 amide bonds. The van der Waals surface area contributed by atoms with Crippen LogP contribution in [0.5, 0.6) is 5.75 Å². The summed E-state index contributed by atoms with van der Waals surface area (Å²) in [7, 11) is 0. The Labute approximate surface area is 181 Å². The summed E-state index contributed by atoms with van der Waals surface area (Å²) in [6, 6.07) is 11.2. The molecule has 166 valence electrons. The third kappa shape index (κ3) is 5.13. The molecule has 1 fully saturated rings. The van der Waals surface area contributed by atoms with E-state index in [1.54, 1.807) is 0 Å². The Morgan fingerprint density at radius 2 is 1.65 bits per heavy atom. The lowest BCUT2D eigenvalue weighted by atomic mass is 9.77. The molecule has 0 unspecified atom stereocenters. The molecule has 0 aromatic heterocycles. The first-order valence-electron chi connectivity index (χ1n) is 11.2. The van der Waals surface area contributed by atoms with Gasteiger partial charge in [0, 0.05) is 0 Å². The molecule has 0 radical (unpaired) electrons. The van der Waals surface area contributed by atoms with Crippen molar-refractivity contribution in [1.29, 1.82) is 0 Å². The Morgan fingerprint density at radius 3 is 2.29 bits per heavy atom. The predicted octanol–water partition coefficient (Wildman–Crippen LogP) is 8.29. The molecule has 0 spiro atoms. The van der Waals surface area contributed by atoms with Crippen molar-refractivity contribution in [3.05, 3.63) is 64.5 Å². The molecule has 2 aromatic carbocycles. The average Bonchev–Trinajstić information content (AvgIpc) is 2.76. The maximum absolute atomic E-state index is 14.5. The summed E-state index contributed by atoms with van der Waals surface area (Å²) in [6.07, 6.45) is 5.65. The van der Waals surface area contributed by atoms with Gasteiger partial charge in [0.1, 0.15) is 0 Å². The zero-order valence-corrected chi connectivity index (χ0v) is 17.8. The van der Waals surface area contributed by atoms with Crippen LogP contribution in [0.15, 0.2) is 36.4 Å². The third-order valence-electron chi connectivity index (χ3n) is 6.74. The fourth-order valence-electron chi connectivity index (χ4n) is 5.12. The van der Waals surface area contributed by atoms with Gasteiger partial charge in [0.25, 0.3) is 0 Å². The fourth-order valence-corrected chi connectivity index (χ4v) is 5.12. The van der Waals surface area contributed by atoms with Crippen LogP contribution in [0.1, 0.15) is 80.0 Å². The summed E-state index contributed by atoms with van der Waals surface area (Å²) in [4.78, 5) is 0. The maximum Gasteiger partial charge on any atom is 0.573 e. The highest BCUT2D eigenvalue weighted by atomic mass is 19.4. The van der Waals surface area contributed by atoms with Crippen molar-refractivity contribution in [3.8, 4) is 5.75 Å². The molecule has 0 bridgehead atoms. The Hall–Kier alpha value is -2.30. The summed E-state index contributed by atoms with van der Waals surface area (Å²) < 4.78 is 55.7.